The Labute approximate surface area is 229 Å². The lowest BCUT2D eigenvalue weighted by Crippen LogP contribution is -2.45. The van der Waals surface area contributed by atoms with E-state index in [2.05, 4.69) is 25.9 Å². The molecule has 11 nitrogen and oxygen atoms in total. The van der Waals surface area contributed by atoms with Gasteiger partial charge in [0.05, 0.1) is 16.9 Å². The fraction of sp³-hybridized carbons (Fsp3) is 0.577. The fourth-order valence-electron chi connectivity index (χ4n) is 4.64. The first-order valence-corrected chi connectivity index (χ1v) is 13.2. The second-order valence-corrected chi connectivity index (χ2v) is 11.0. The van der Waals surface area contributed by atoms with Crippen molar-refractivity contribution in [2.45, 2.75) is 65.3 Å². The zero-order valence-corrected chi connectivity index (χ0v) is 23.1. The summed E-state index contributed by atoms with van der Waals surface area (Å²) in [6, 6.07) is 0.0367. The first-order chi connectivity index (χ1) is 18.9. The van der Waals surface area contributed by atoms with Crippen molar-refractivity contribution in [3.8, 4) is 0 Å². The van der Waals surface area contributed by atoms with E-state index >= 15 is 0 Å². The highest BCUT2D eigenvalue weighted by molar-refractivity contribution is 7.14. The Balaban J connectivity index is 1.99. The second-order valence-electron chi connectivity index (χ2n) is 9.93. The summed E-state index contributed by atoms with van der Waals surface area (Å²) in [5.41, 5.74) is 0.451. The minimum absolute atomic E-state index is 0.0533. The van der Waals surface area contributed by atoms with Crippen LogP contribution in [-0.2, 0) is 16.0 Å². The van der Waals surface area contributed by atoms with Gasteiger partial charge in [-0.15, -0.1) is 11.3 Å². The van der Waals surface area contributed by atoms with E-state index in [1.54, 1.807) is 14.0 Å². The summed E-state index contributed by atoms with van der Waals surface area (Å²) in [4.78, 5) is 56.1. The van der Waals surface area contributed by atoms with Crippen molar-refractivity contribution in [3.05, 3.63) is 37.3 Å². The molecule has 0 saturated carbocycles. The maximum Gasteiger partial charge on any atom is 0.326 e. The third-order valence-corrected chi connectivity index (χ3v) is 7.90. The molecule has 3 heterocycles. The topological polar surface area (TPSA) is 174 Å². The fourth-order valence-corrected chi connectivity index (χ4v) is 5.82. The first kappa shape index (κ1) is 24.9. The van der Waals surface area contributed by atoms with Crippen LogP contribution in [0.4, 0.5) is 11.8 Å². The van der Waals surface area contributed by atoms with Crippen molar-refractivity contribution in [1.29, 1.82) is 0 Å². The quantitative estimate of drug-likeness (QED) is 0.245. The monoisotopic (exact) mass is 550 g/mol. The van der Waals surface area contributed by atoms with Crippen LogP contribution in [0.1, 0.15) is 82.7 Å². The van der Waals surface area contributed by atoms with E-state index in [4.69, 9.17) is 5.11 Å². The average molecular weight is 551 g/mol. The Kier molecular flexibility index (Phi) is 7.84. The predicted molar refractivity (Wildman–Crippen MR) is 146 cm³/mol. The molecule has 0 radical (unpaired) electrons. The molecular formula is C26H37N5O6S. The molecule has 1 aliphatic rings. The standard InChI is InChI=1S/C26H37N5O6S/c1-11(2)15-9-18(23(34)29-21(25(36)37)13(4)8-19(32)33)38-17(15)7-12(3)16-10-28-22-20(14(16)5)24(35)31-26(27-6)30-22/h9,11-14,16,21H,7-8,10H2,1-6H3,(H,29,34)(H,32,33)(H,36,37)(H3,27,28,30,31,35)/t12?,13?,14?,16-,21-/m0/s1/i7D2,12D. The van der Waals surface area contributed by atoms with Crippen molar-refractivity contribution in [2.75, 3.05) is 24.2 Å². The van der Waals surface area contributed by atoms with Crippen LogP contribution in [0.5, 0.6) is 0 Å². The van der Waals surface area contributed by atoms with E-state index in [9.17, 15) is 28.4 Å². The summed E-state index contributed by atoms with van der Waals surface area (Å²) in [6.45, 7) is 8.49. The zero-order chi connectivity index (χ0) is 31.0. The number of thiophene rings is 1. The number of rotatable bonds is 11. The normalized spacial score (nSPS) is 21.5. The second kappa shape index (κ2) is 12.0. The number of hydrogen-bond donors (Lipinski definition) is 6. The molecule has 0 bridgehead atoms. The first-order valence-electron chi connectivity index (χ1n) is 13.9. The van der Waals surface area contributed by atoms with Gasteiger partial charge >= 0.3 is 11.9 Å². The van der Waals surface area contributed by atoms with E-state index in [0.29, 0.717) is 16.9 Å². The molecule has 0 saturated heterocycles. The summed E-state index contributed by atoms with van der Waals surface area (Å²) in [7, 11) is 1.62. The van der Waals surface area contributed by atoms with Crippen LogP contribution >= 0.6 is 11.3 Å². The molecular weight excluding hydrogens is 510 g/mol. The average Bonchev–Trinajstić information content (AvgIpc) is 3.33. The van der Waals surface area contributed by atoms with Crippen LogP contribution in [0.2, 0.25) is 0 Å². The van der Waals surface area contributed by atoms with Crippen molar-refractivity contribution < 1.29 is 28.7 Å². The number of anilines is 2. The molecule has 6 N–H and O–H groups in total. The Hall–Kier alpha value is -3.41. The van der Waals surface area contributed by atoms with Crippen molar-refractivity contribution >= 4 is 40.9 Å². The smallest absolute Gasteiger partial charge is 0.326 e. The highest BCUT2D eigenvalue weighted by atomic mass is 32.1. The highest BCUT2D eigenvalue weighted by Crippen LogP contribution is 2.39. The number of carbonyl (C=O) groups excluding carboxylic acids is 1. The Bertz CT molecular complexity index is 1390. The summed E-state index contributed by atoms with van der Waals surface area (Å²) < 4.78 is 27.7. The molecule has 0 fully saturated rings. The lowest BCUT2D eigenvalue weighted by Gasteiger charge is -2.35. The lowest BCUT2D eigenvalue weighted by atomic mass is 9.76. The molecule has 3 rings (SSSR count). The maximum absolute atomic E-state index is 13.2. The zero-order valence-electron chi connectivity index (χ0n) is 25.3. The van der Waals surface area contributed by atoms with Gasteiger partial charge in [-0.3, -0.25) is 19.4 Å². The molecule has 2 aromatic heterocycles. The molecule has 1 aliphatic heterocycles. The summed E-state index contributed by atoms with van der Waals surface area (Å²) >= 11 is 0.843. The number of nitrogens with one attached hydrogen (secondary N) is 4. The highest BCUT2D eigenvalue weighted by Gasteiger charge is 2.34. The van der Waals surface area contributed by atoms with Gasteiger partial charge in [-0.05, 0) is 47.6 Å². The molecule has 38 heavy (non-hydrogen) atoms. The Morgan fingerprint density at radius 2 is 1.97 bits per heavy atom. The van der Waals surface area contributed by atoms with Gasteiger partial charge in [-0.1, -0.05) is 34.6 Å². The Morgan fingerprint density at radius 3 is 2.55 bits per heavy atom. The predicted octanol–water partition coefficient (Wildman–Crippen LogP) is 3.31. The summed E-state index contributed by atoms with van der Waals surface area (Å²) in [6.07, 6.45) is -2.75. The minimum atomic E-state index is -2.29. The molecule has 0 spiro atoms. The molecule has 0 aromatic carbocycles. The van der Waals surface area contributed by atoms with Gasteiger partial charge in [0, 0.05) is 22.6 Å². The minimum Gasteiger partial charge on any atom is -0.481 e. The van der Waals surface area contributed by atoms with E-state index in [0.717, 1.165) is 11.3 Å². The molecule has 2 aromatic rings. The lowest BCUT2D eigenvalue weighted by molar-refractivity contribution is -0.142. The van der Waals surface area contributed by atoms with E-state index in [1.165, 1.54) is 19.9 Å². The molecule has 208 valence electrons. The van der Waals surface area contributed by atoms with Crippen LogP contribution in [0.3, 0.4) is 0 Å². The SMILES string of the molecule is [2H]C([2H])(c1sc(C(=O)N[C@H](C(=O)O)C(C)CC(=O)O)cc1C(C)C)C([2H])(C)[C@@H]1CNc2nc(NC)[nH]c(=O)c2C1C. The number of hydrogen-bond acceptors (Lipinski definition) is 8. The van der Waals surface area contributed by atoms with Crippen molar-refractivity contribution in [1.82, 2.24) is 15.3 Å². The number of fused-ring (bicyclic) bond motifs is 1. The molecule has 0 aliphatic carbocycles. The number of aliphatic carboxylic acids is 2. The van der Waals surface area contributed by atoms with Gasteiger partial charge in [0.2, 0.25) is 5.95 Å². The molecule has 12 heteroatoms. The molecule has 3 unspecified atom stereocenters. The number of amides is 1. The largest absolute Gasteiger partial charge is 0.481 e. The number of aromatic nitrogens is 2. The number of H-pyrrole nitrogens is 1. The van der Waals surface area contributed by atoms with Crippen molar-refractivity contribution in [2.24, 2.45) is 17.7 Å². The van der Waals surface area contributed by atoms with Crippen LogP contribution < -0.4 is 21.5 Å². The summed E-state index contributed by atoms with van der Waals surface area (Å²) in [5.74, 6) is -6.80. The van der Waals surface area contributed by atoms with Gasteiger partial charge in [-0.2, -0.15) is 4.98 Å². The van der Waals surface area contributed by atoms with E-state index < -0.39 is 60.3 Å². The van der Waals surface area contributed by atoms with Crippen LogP contribution in [-0.4, -0.2) is 57.7 Å². The van der Waals surface area contributed by atoms with Gasteiger partial charge in [-0.25, -0.2) is 4.79 Å². The van der Waals surface area contributed by atoms with Gasteiger partial charge in [0.1, 0.15) is 11.9 Å². The maximum atomic E-state index is 13.2. The van der Waals surface area contributed by atoms with Gasteiger partial charge in [0.25, 0.3) is 11.5 Å². The number of carboxylic acid groups (broad SMARTS) is 2. The summed E-state index contributed by atoms with van der Waals surface area (Å²) in [5, 5.41) is 26.9. The van der Waals surface area contributed by atoms with E-state index in [1.807, 2.05) is 13.8 Å². The van der Waals surface area contributed by atoms with Crippen molar-refractivity contribution in [3.63, 3.8) is 0 Å². The Morgan fingerprint density at radius 1 is 1.29 bits per heavy atom. The number of carboxylic acids is 2. The molecule has 1 amide bonds. The molecule has 5 atom stereocenters. The number of carbonyl (C=O) groups is 3. The van der Waals surface area contributed by atoms with Gasteiger partial charge < -0.3 is 26.2 Å². The third-order valence-electron chi connectivity index (χ3n) is 6.83. The van der Waals surface area contributed by atoms with Crippen LogP contribution in [0.15, 0.2) is 10.9 Å². The number of aromatic amines is 1. The number of nitrogens with zero attached hydrogens (tertiary/aromatic N) is 1. The van der Waals surface area contributed by atoms with E-state index in [-0.39, 0.29) is 33.7 Å². The third kappa shape index (κ3) is 6.35. The van der Waals surface area contributed by atoms with Crippen LogP contribution in [0, 0.1) is 17.7 Å². The van der Waals surface area contributed by atoms with Gasteiger partial charge in [0.15, 0.2) is 0 Å². The van der Waals surface area contributed by atoms with Crippen LogP contribution in [0.25, 0.3) is 0 Å².